The van der Waals surface area contributed by atoms with Crippen LogP contribution in [0.2, 0.25) is 0 Å². The van der Waals surface area contributed by atoms with Crippen molar-refractivity contribution in [1.82, 2.24) is 5.32 Å². The summed E-state index contributed by atoms with van der Waals surface area (Å²) in [6.45, 7) is 4.86. The number of unbranched alkanes of at least 4 members (excludes halogenated alkanes) is 43. The van der Waals surface area contributed by atoms with Gasteiger partial charge in [-0.3, -0.25) is 9.59 Å². The number of rotatable bonds is 56. The van der Waals surface area contributed by atoms with Gasteiger partial charge in [-0.25, -0.2) is 0 Å². The Morgan fingerprint density at radius 1 is 0.403 bits per heavy atom. The van der Waals surface area contributed by atoms with Crippen molar-refractivity contribution in [2.75, 3.05) is 13.2 Å². The Labute approximate surface area is 418 Å². The van der Waals surface area contributed by atoms with Crippen molar-refractivity contribution in [1.29, 1.82) is 0 Å². The number of hydrogen-bond acceptors (Lipinski definition) is 5. The largest absolute Gasteiger partial charge is 0.466 e. The third-order valence-electron chi connectivity index (χ3n) is 14.0. The molecule has 396 valence electrons. The highest BCUT2D eigenvalue weighted by Crippen LogP contribution is 2.17. The van der Waals surface area contributed by atoms with Crippen molar-refractivity contribution in [3.05, 3.63) is 24.3 Å². The number of allylic oxidation sites excluding steroid dienone is 3. The first-order chi connectivity index (χ1) is 33.0. The minimum Gasteiger partial charge on any atom is -0.466 e. The summed E-state index contributed by atoms with van der Waals surface area (Å²) in [5.41, 5.74) is 0. The molecule has 0 aromatic carbocycles. The molecule has 67 heavy (non-hydrogen) atoms. The van der Waals surface area contributed by atoms with Crippen molar-refractivity contribution < 1.29 is 24.5 Å². The molecule has 0 saturated heterocycles. The second-order valence-corrected chi connectivity index (χ2v) is 20.7. The van der Waals surface area contributed by atoms with E-state index in [1.165, 1.54) is 244 Å². The van der Waals surface area contributed by atoms with Gasteiger partial charge in [-0.05, 0) is 57.8 Å². The SMILES string of the molecule is CCCCCCCCC/C=C\CCCCCCCCCC(=O)OCCCCCCCCCCCC(=O)NC(CO)C(O)/C=C/CCCCCCCCCCCCCCCCCCCCCCC. The van der Waals surface area contributed by atoms with Crippen LogP contribution in [0.5, 0.6) is 0 Å². The lowest BCUT2D eigenvalue weighted by atomic mass is 10.0. The molecule has 0 rings (SSSR count). The number of amides is 1. The van der Waals surface area contributed by atoms with Gasteiger partial charge in [0.25, 0.3) is 0 Å². The lowest BCUT2D eigenvalue weighted by molar-refractivity contribution is -0.143. The zero-order chi connectivity index (χ0) is 48.6. The fourth-order valence-electron chi connectivity index (χ4n) is 9.34. The third kappa shape index (κ3) is 53.5. The molecule has 0 aromatic heterocycles. The maximum Gasteiger partial charge on any atom is 0.305 e. The van der Waals surface area contributed by atoms with Crippen molar-refractivity contribution in [2.45, 2.75) is 341 Å². The van der Waals surface area contributed by atoms with Gasteiger partial charge >= 0.3 is 5.97 Å². The van der Waals surface area contributed by atoms with E-state index in [4.69, 9.17) is 4.74 Å². The van der Waals surface area contributed by atoms with Gasteiger partial charge in [-0.1, -0.05) is 282 Å². The first-order valence-electron chi connectivity index (χ1n) is 30.1. The molecule has 0 aliphatic heterocycles. The first-order valence-corrected chi connectivity index (χ1v) is 30.1. The van der Waals surface area contributed by atoms with Crippen LogP contribution in [0.4, 0.5) is 0 Å². The molecule has 0 saturated carbocycles. The minimum absolute atomic E-state index is 0.0293. The molecule has 6 nitrogen and oxygen atoms in total. The molecular weight excluding hydrogens is 827 g/mol. The molecule has 0 aromatic rings. The number of aliphatic hydroxyl groups excluding tert-OH is 2. The van der Waals surface area contributed by atoms with E-state index in [1.54, 1.807) is 6.08 Å². The molecule has 0 aliphatic carbocycles. The fourth-order valence-corrected chi connectivity index (χ4v) is 9.34. The Hall–Kier alpha value is -1.66. The molecule has 1 amide bonds. The van der Waals surface area contributed by atoms with Gasteiger partial charge in [-0.2, -0.15) is 0 Å². The lowest BCUT2D eigenvalue weighted by Crippen LogP contribution is -2.45. The van der Waals surface area contributed by atoms with E-state index < -0.39 is 12.1 Å². The van der Waals surface area contributed by atoms with Gasteiger partial charge in [0.2, 0.25) is 5.91 Å². The molecule has 2 unspecified atom stereocenters. The Kier molecular flexibility index (Phi) is 55.5. The van der Waals surface area contributed by atoms with E-state index in [9.17, 15) is 19.8 Å². The summed E-state index contributed by atoms with van der Waals surface area (Å²) >= 11 is 0. The number of esters is 1. The quantitative estimate of drug-likeness (QED) is 0.0321. The van der Waals surface area contributed by atoms with Crippen molar-refractivity contribution in [3.8, 4) is 0 Å². The summed E-state index contributed by atoms with van der Waals surface area (Å²) in [5.74, 6) is -0.122. The van der Waals surface area contributed by atoms with Crippen LogP contribution in [0.1, 0.15) is 328 Å². The molecule has 0 spiro atoms. The van der Waals surface area contributed by atoms with Crippen LogP contribution in [-0.2, 0) is 14.3 Å². The minimum atomic E-state index is -0.863. The van der Waals surface area contributed by atoms with Gasteiger partial charge in [0, 0.05) is 12.8 Å². The van der Waals surface area contributed by atoms with E-state index >= 15 is 0 Å². The van der Waals surface area contributed by atoms with E-state index in [0.29, 0.717) is 19.4 Å². The normalized spacial score (nSPS) is 12.7. The summed E-state index contributed by atoms with van der Waals surface area (Å²) in [4.78, 5) is 24.6. The molecule has 6 heteroatoms. The highest BCUT2D eigenvalue weighted by atomic mass is 16.5. The van der Waals surface area contributed by atoms with Crippen LogP contribution in [0.25, 0.3) is 0 Å². The molecule has 0 fully saturated rings. The van der Waals surface area contributed by atoms with E-state index in [1.807, 2.05) is 6.08 Å². The van der Waals surface area contributed by atoms with Gasteiger partial charge in [-0.15, -0.1) is 0 Å². The molecule has 3 N–H and O–H groups in total. The average molecular weight is 945 g/mol. The maximum absolute atomic E-state index is 12.5. The number of hydrogen-bond donors (Lipinski definition) is 3. The van der Waals surface area contributed by atoms with E-state index in [0.717, 1.165) is 57.8 Å². The topological polar surface area (TPSA) is 95.9 Å². The first kappa shape index (κ1) is 65.3. The second-order valence-electron chi connectivity index (χ2n) is 20.7. The number of carbonyl (C=O) groups is 2. The third-order valence-corrected chi connectivity index (χ3v) is 14.0. The smallest absolute Gasteiger partial charge is 0.305 e. The molecule has 0 bridgehead atoms. The monoisotopic (exact) mass is 944 g/mol. The summed E-state index contributed by atoms with van der Waals surface area (Å²) in [6.07, 6.45) is 69.2. The molecule has 2 atom stereocenters. The van der Waals surface area contributed by atoms with Crippen molar-refractivity contribution >= 4 is 11.9 Å². The predicted octanol–water partition coefficient (Wildman–Crippen LogP) is 18.6. The van der Waals surface area contributed by atoms with Gasteiger partial charge in [0.1, 0.15) is 0 Å². The summed E-state index contributed by atoms with van der Waals surface area (Å²) in [5, 5.41) is 23.2. The Balaban J connectivity index is 3.50. The number of ether oxygens (including phenoxy) is 1. The highest BCUT2D eigenvalue weighted by molar-refractivity contribution is 5.76. The van der Waals surface area contributed by atoms with Crippen molar-refractivity contribution in [2.24, 2.45) is 0 Å². The Bertz CT molecular complexity index is 1040. The van der Waals surface area contributed by atoms with E-state index in [-0.39, 0.29) is 18.5 Å². The van der Waals surface area contributed by atoms with Crippen LogP contribution < -0.4 is 5.32 Å². The Morgan fingerprint density at radius 2 is 0.701 bits per heavy atom. The average Bonchev–Trinajstić information content (AvgIpc) is 3.33. The lowest BCUT2D eigenvalue weighted by Gasteiger charge is -2.20. The molecule has 0 radical (unpaired) electrons. The fraction of sp³-hybridized carbons (Fsp3) is 0.902. The van der Waals surface area contributed by atoms with E-state index in [2.05, 4.69) is 31.3 Å². The number of aliphatic hydroxyl groups is 2. The highest BCUT2D eigenvalue weighted by Gasteiger charge is 2.18. The van der Waals surface area contributed by atoms with Gasteiger partial charge < -0.3 is 20.3 Å². The second kappa shape index (κ2) is 56.9. The standard InChI is InChI=1S/C61H117NO5/c1-3-5-7-9-11-13-15-17-19-21-23-24-25-26-27-28-30-32-34-37-41-45-49-53-59(64)58(57-63)62-60(65)54-50-46-42-38-36-40-44-48-52-56-67-61(66)55-51-47-43-39-35-33-31-29-22-20-18-16-14-12-10-8-6-4-2/h20,22,49,53,58-59,63-64H,3-19,21,23-48,50-52,54-57H2,1-2H3,(H,62,65)/b22-20-,53-49+. The predicted molar refractivity (Wildman–Crippen MR) is 292 cm³/mol. The molecule has 0 heterocycles. The van der Waals surface area contributed by atoms with Crippen LogP contribution in [0.3, 0.4) is 0 Å². The summed E-state index contributed by atoms with van der Waals surface area (Å²) < 4.78 is 5.47. The van der Waals surface area contributed by atoms with Crippen molar-refractivity contribution in [3.63, 3.8) is 0 Å². The number of nitrogens with one attached hydrogen (secondary N) is 1. The van der Waals surface area contributed by atoms with Gasteiger partial charge in [0.05, 0.1) is 25.4 Å². The van der Waals surface area contributed by atoms with Crippen LogP contribution >= 0.6 is 0 Å². The van der Waals surface area contributed by atoms with Crippen LogP contribution in [0, 0.1) is 0 Å². The zero-order valence-corrected chi connectivity index (χ0v) is 45.1. The van der Waals surface area contributed by atoms with Gasteiger partial charge in [0.15, 0.2) is 0 Å². The molecular formula is C61H117NO5. The zero-order valence-electron chi connectivity index (χ0n) is 45.1. The maximum atomic E-state index is 12.5. The number of carbonyl (C=O) groups excluding carboxylic acids is 2. The van der Waals surface area contributed by atoms with Crippen LogP contribution in [0.15, 0.2) is 24.3 Å². The Morgan fingerprint density at radius 3 is 1.06 bits per heavy atom. The summed E-state index contributed by atoms with van der Waals surface area (Å²) in [7, 11) is 0. The van der Waals surface area contributed by atoms with Crippen LogP contribution in [-0.4, -0.2) is 47.4 Å². The molecule has 0 aliphatic rings. The summed E-state index contributed by atoms with van der Waals surface area (Å²) in [6, 6.07) is -0.649.